The lowest BCUT2D eigenvalue weighted by molar-refractivity contribution is 0.0720. The van der Waals surface area contributed by atoms with Crippen LogP contribution in [-0.4, -0.2) is 19.3 Å². The molecule has 0 amide bonds. The minimum Gasteiger partial charge on any atom is -0.489 e. The molecule has 0 fully saturated rings. The smallest absolute Gasteiger partial charge is 0.165 e. The molecule has 2 aromatic rings. The molecule has 2 aromatic carbocycles. The Morgan fingerprint density at radius 3 is 2.76 bits per heavy atom. The zero-order chi connectivity index (χ0) is 14.7. The van der Waals surface area contributed by atoms with E-state index >= 15 is 0 Å². The standard InChI is InChI=1S/C17H18FNO2/c1-2-19-17-12-7-3-5-9-14(12)20-11-16(17)21-15-10-6-4-8-13(15)18/h3-10,16-17,19H,2,11H2,1H3. The molecule has 4 heteroatoms. The summed E-state index contributed by atoms with van der Waals surface area (Å²) in [5, 5.41) is 3.40. The van der Waals surface area contributed by atoms with Crippen LogP contribution in [0.15, 0.2) is 48.5 Å². The zero-order valence-electron chi connectivity index (χ0n) is 11.9. The van der Waals surface area contributed by atoms with Crippen molar-refractivity contribution in [1.29, 1.82) is 0 Å². The van der Waals surface area contributed by atoms with Crippen molar-refractivity contribution in [2.24, 2.45) is 0 Å². The molecule has 3 nitrogen and oxygen atoms in total. The second-order valence-electron chi connectivity index (χ2n) is 4.97. The maximum absolute atomic E-state index is 13.8. The van der Waals surface area contributed by atoms with Gasteiger partial charge >= 0.3 is 0 Å². The molecule has 0 saturated heterocycles. The van der Waals surface area contributed by atoms with E-state index in [1.54, 1.807) is 18.2 Å². The van der Waals surface area contributed by atoms with Crippen molar-refractivity contribution in [1.82, 2.24) is 5.32 Å². The predicted octanol–water partition coefficient (Wildman–Crippen LogP) is 3.32. The van der Waals surface area contributed by atoms with E-state index in [-0.39, 0.29) is 23.7 Å². The van der Waals surface area contributed by atoms with Crippen LogP contribution in [0.4, 0.5) is 4.39 Å². The lowest BCUT2D eigenvalue weighted by atomic mass is 9.98. The van der Waals surface area contributed by atoms with Gasteiger partial charge in [-0.2, -0.15) is 0 Å². The minimum absolute atomic E-state index is 0.0143. The fraction of sp³-hybridized carbons (Fsp3) is 0.294. The van der Waals surface area contributed by atoms with Crippen molar-refractivity contribution in [3.05, 3.63) is 59.9 Å². The molecule has 2 atom stereocenters. The first kappa shape index (κ1) is 13.9. The highest BCUT2D eigenvalue weighted by Gasteiger charge is 2.32. The van der Waals surface area contributed by atoms with Crippen LogP contribution in [0.5, 0.6) is 11.5 Å². The van der Waals surface area contributed by atoms with E-state index < -0.39 is 0 Å². The van der Waals surface area contributed by atoms with Gasteiger partial charge in [-0.3, -0.25) is 0 Å². The Bertz CT molecular complexity index is 617. The van der Waals surface area contributed by atoms with Crippen molar-refractivity contribution in [2.75, 3.05) is 13.2 Å². The Morgan fingerprint density at radius 1 is 1.19 bits per heavy atom. The Morgan fingerprint density at radius 2 is 1.95 bits per heavy atom. The molecule has 0 aromatic heterocycles. The third kappa shape index (κ3) is 2.85. The van der Waals surface area contributed by atoms with Crippen LogP contribution in [0.2, 0.25) is 0 Å². The molecule has 110 valence electrons. The second-order valence-corrected chi connectivity index (χ2v) is 4.97. The van der Waals surface area contributed by atoms with Gasteiger partial charge in [0.25, 0.3) is 0 Å². The van der Waals surface area contributed by atoms with Crippen molar-refractivity contribution in [2.45, 2.75) is 19.1 Å². The number of rotatable bonds is 4. The molecule has 0 bridgehead atoms. The van der Waals surface area contributed by atoms with Crippen molar-refractivity contribution < 1.29 is 13.9 Å². The van der Waals surface area contributed by atoms with Gasteiger partial charge in [-0.15, -0.1) is 0 Å². The number of halogens is 1. The molecular weight excluding hydrogens is 269 g/mol. The molecule has 1 aliphatic rings. The topological polar surface area (TPSA) is 30.5 Å². The summed E-state index contributed by atoms with van der Waals surface area (Å²) in [4.78, 5) is 0. The summed E-state index contributed by atoms with van der Waals surface area (Å²) in [6.45, 7) is 3.23. The highest BCUT2D eigenvalue weighted by atomic mass is 19.1. The number of hydrogen-bond acceptors (Lipinski definition) is 3. The molecular formula is C17H18FNO2. The number of likely N-dealkylation sites (N-methyl/N-ethyl adjacent to an activating group) is 1. The van der Waals surface area contributed by atoms with Crippen LogP contribution in [0.1, 0.15) is 18.5 Å². The van der Waals surface area contributed by atoms with Crippen molar-refractivity contribution in [3.8, 4) is 11.5 Å². The lowest BCUT2D eigenvalue weighted by Crippen LogP contribution is -2.43. The van der Waals surface area contributed by atoms with Gasteiger partial charge in [0.15, 0.2) is 17.7 Å². The molecule has 0 spiro atoms. The van der Waals surface area contributed by atoms with E-state index in [0.717, 1.165) is 17.9 Å². The summed E-state index contributed by atoms with van der Waals surface area (Å²) in [6, 6.07) is 14.3. The van der Waals surface area contributed by atoms with E-state index in [4.69, 9.17) is 9.47 Å². The van der Waals surface area contributed by atoms with Gasteiger partial charge in [-0.25, -0.2) is 4.39 Å². The molecule has 1 N–H and O–H groups in total. The number of ether oxygens (including phenoxy) is 2. The predicted molar refractivity (Wildman–Crippen MR) is 79.2 cm³/mol. The second kappa shape index (κ2) is 6.14. The van der Waals surface area contributed by atoms with Crippen LogP contribution in [0.3, 0.4) is 0 Å². The third-order valence-electron chi connectivity index (χ3n) is 3.57. The normalized spacial score (nSPS) is 20.5. The first-order chi connectivity index (χ1) is 10.3. The van der Waals surface area contributed by atoms with E-state index in [1.807, 2.05) is 31.2 Å². The summed E-state index contributed by atoms with van der Waals surface area (Å²) >= 11 is 0. The molecule has 3 rings (SSSR count). The van der Waals surface area contributed by atoms with Gasteiger partial charge in [0, 0.05) is 5.56 Å². The highest BCUT2D eigenvalue weighted by molar-refractivity contribution is 5.39. The Kier molecular flexibility index (Phi) is 4.06. The fourth-order valence-corrected chi connectivity index (χ4v) is 2.60. The number of benzene rings is 2. The van der Waals surface area contributed by atoms with Crippen LogP contribution >= 0.6 is 0 Å². The maximum Gasteiger partial charge on any atom is 0.165 e. The largest absolute Gasteiger partial charge is 0.489 e. The van der Waals surface area contributed by atoms with Crippen LogP contribution in [0.25, 0.3) is 0 Å². The van der Waals surface area contributed by atoms with E-state index in [0.29, 0.717) is 6.61 Å². The van der Waals surface area contributed by atoms with E-state index in [1.165, 1.54) is 6.07 Å². The number of nitrogens with one attached hydrogen (secondary N) is 1. The van der Waals surface area contributed by atoms with Gasteiger partial charge in [0.2, 0.25) is 0 Å². The average Bonchev–Trinajstić information content (AvgIpc) is 2.52. The first-order valence-electron chi connectivity index (χ1n) is 7.16. The Hall–Kier alpha value is -2.07. The minimum atomic E-state index is -0.355. The molecule has 2 unspecified atom stereocenters. The Labute approximate surface area is 123 Å². The molecule has 0 saturated carbocycles. The summed E-state index contributed by atoms with van der Waals surface area (Å²) in [6.07, 6.45) is -0.267. The summed E-state index contributed by atoms with van der Waals surface area (Å²) in [5.74, 6) is 0.761. The SMILES string of the molecule is CCNC1c2ccccc2OCC1Oc1ccccc1F. The van der Waals surface area contributed by atoms with Gasteiger partial charge < -0.3 is 14.8 Å². The molecule has 0 radical (unpaired) electrons. The van der Waals surface area contributed by atoms with Crippen LogP contribution in [-0.2, 0) is 0 Å². The zero-order valence-corrected chi connectivity index (χ0v) is 11.9. The van der Waals surface area contributed by atoms with Crippen molar-refractivity contribution >= 4 is 0 Å². The third-order valence-corrected chi connectivity index (χ3v) is 3.57. The number of para-hydroxylation sites is 2. The molecule has 1 aliphatic heterocycles. The summed E-state index contributed by atoms with van der Waals surface area (Å²) < 4.78 is 25.4. The van der Waals surface area contributed by atoms with Gasteiger partial charge in [0.05, 0.1) is 6.04 Å². The van der Waals surface area contributed by atoms with Crippen LogP contribution in [0, 0.1) is 5.82 Å². The Balaban J connectivity index is 1.87. The molecule has 21 heavy (non-hydrogen) atoms. The van der Waals surface area contributed by atoms with E-state index in [2.05, 4.69) is 5.32 Å². The monoisotopic (exact) mass is 287 g/mol. The van der Waals surface area contributed by atoms with Crippen molar-refractivity contribution in [3.63, 3.8) is 0 Å². The van der Waals surface area contributed by atoms with E-state index in [9.17, 15) is 4.39 Å². The molecule has 0 aliphatic carbocycles. The first-order valence-corrected chi connectivity index (χ1v) is 7.16. The lowest BCUT2D eigenvalue weighted by Gasteiger charge is -2.34. The maximum atomic E-state index is 13.8. The number of fused-ring (bicyclic) bond motifs is 1. The number of hydrogen-bond donors (Lipinski definition) is 1. The molecule has 1 heterocycles. The summed E-state index contributed by atoms with van der Waals surface area (Å²) in [5.41, 5.74) is 1.05. The summed E-state index contributed by atoms with van der Waals surface area (Å²) in [7, 11) is 0. The quantitative estimate of drug-likeness (QED) is 0.935. The fourth-order valence-electron chi connectivity index (χ4n) is 2.60. The van der Waals surface area contributed by atoms with Gasteiger partial charge in [-0.1, -0.05) is 37.3 Å². The van der Waals surface area contributed by atoms with Crippen LogP contribution < -0.4 is 14.8 Å². The average molecular weight is 287 g/mol. The van der Waals surface area contributed by atoms with Gasteiger partial charge in [-0.05, 0) is 24.7 Å². The van der Waals surface area contributed by atoms with Gasteiger partial charge in [0.1, 0.15) is 12.4 Å². The highest BCUT2D eigenvalue weighted by Crippen LogP contribution is 2.34.